The summed E-state index contributed by atoms with van der Waals surface area (Å²) in [4.78, 5) is 27.0. The van der Waals surface area contributed by atoms with Gasteiger partial charge < -0.3 is 24.1 Å². The molecule has 1 atom stereocenters. The SMILES string of the molecule is COC(=O)c1cccn1C1CCN(C(C)C(=O)Nc2cc(OC)ccc2OC)CC1. The number of anilines is 1. The fraction of sp³-hybridized carbons (Fsp3) is 0.455. The van der Waals surface area contributed by atoms with Gasteiger partial charge in [0, 0.05) is 31.4 Å². The first kappa shape index (κ1) is 21.7. The molecule has 1 aliphatic heterocycles. The molecule has 0 aliphatic carbocycles. The predicted octanol–water partition coefficient (Wildman–Crippen LogP) is 2.96. The third kappa shape index (κ3) is 4.59. The highest BCUT2D eigenvalue weighted by atomic mass is 16.5. The number of amides is 1. The first-order chi connectivity index (χ1) is 14.5. The zero-order chi connectivity index (χ0) is 21.7. The lowest BCUT2D eigenvalue weighted by Crippen LogP contribution is -2.46. The Bertz CT molecular complexity index is 887. The monoisotopic (exact) mass is 415 g/mol. The smallest absolute Gasteiger partial charge is 0.354 e. The molecule has 2 heterocycles. The standard InChI is InChI=1S/C22H29N3O5/c1-15(21(26)23-18-14-17(28-2)7-8-20(18)29-3)24-12-9-16(10-13-24)25-11-5-6-19(25)22(27)30-4/h5-8,11,14-16H,9-10,12-13H2,1-4H3,(H,23,26). The van der Waals surface area contributed by atoms with Gasteiger partial charge in [0.15, 0.2) is 0 Å². The molecule has 1 N–H and O–H groups in total. The Morgan fingerprint density at radius 1 is 1.10 bits per heavy atom. The Balaban J connectivity index is 1.62. The second-order valence-electron chi connectivity index (χ2n) is 7.29. The fourth-order valence-corrected chi connectivity index (χ4v) is 3.86. The van der Waals surface area contributed by atoms with Crippen LogP contribution in [0.5, 0.6) is 11.5 Å². The molecular weight excluding hydrogens is 386 g/mol. The van der Waals surface area contributed by atoms with E-state index in [1.165, 1.54) is 7.11 Å². The van der Waals surface area contributed by atoms with E-state index in [9.17, 15) is 9.59 Å². The molecule has 0 radical (unpaired) electrons. The van der Waals surface area contributed by atoms with Crippen LogP contribution in [0.15, 0.2) is 36.5 Å². The number of piperidine rings is 1. The van der Waals surface area contributed by atoms with E-state index in [4.69, 9.17) is 14.2 Å². The summed E-state index contributed by atoms with van der Waals surface area (Å²) in [5.74, 6) is 0.796. The van der Waals surface area contributed by atoms with Gasteiger partial charge in [-0.05, 0) is 44.0 Å². The van der Waals surface area contributed by atoms with Crippen molar-refractivity contribution in [3.63, 3.8) is 0 Å². The van der Waals surface area contributed by atoms with Crippen LogP contribution >= 0.6 is 0 Å². The van der Waals surface area contributed by atoms with Gasteiger partial charge in [0.05, 0.1) is 33.1 Å². The second kappa shape index (κ2) is 9.67. The van der Waals surface area contributed by atoms with E-state index in [1.807, 2.05) is 23.8 Å². The second-order valence-corrected chi connectivity index (χ2v) is 7.29. The molecule has 1 saturated heterocycles. The van der Waals surface area contributed by atoms with Crippen molar-refractivity contribution in [1.29, 1.82) is 0 Å². The molecule has 1 aliphatic rings. The Labute approximate surface area is 176 Å². The van der Waals surface area contributed by atoms with Crippen molar-refractivity contribution >= 4 is 17.6 Å². The third-order valence-electron chi connectivity index (χ3n) is 5.66. The van der Waals surface area contributed by atoms with Crippen LogP contribution in [0.3, 0.4) is 0 Å². The van der Waals surface area contributed by atoms with Gasteiger partial charge in [-0.15, -0.1) is 0 Å². The molecule has 2 aromatic rings. The van der Waals surface area contributed by atoms with Gasteiger partial charge in [-0.3, -0.25) is 9.69 Å². The minimum atomic E-state index is -0.331. The van der Waals surface area contributed by atoms with Crippen LogP contribution in [0.25, 0.3) is 0 Å². The van der Waals surface area contributed by atoms with Crippen molar-refractivity contribution in [3.8, 4) is 11.5 Å². The number of rotatable bonds is 7. The van der Waals surface area contributed by atoms with Gasteiger partial charge in [0.2, 0.25) is 5.91 Å². The third-order valence-corrected chi connectivity index (χ3v) is 5.66. The van der Waals surface area contributed by atoms with Crippen molar-refractivity contribution in [2.75, 3.05) is 39.7 Å². The highest BCUT2D eigenvalue weighted by Gasteiger charge is 2.29. The number of carbonyl (C=O) groups is 2. The Morgan fingerprint density at radius 2 is 1.83 bits per heavy atom. The summed E-state index contributed by atoms with van der Waals surface area (Å²) in [6.45, 7) is 3.42. The van der Waals surface area contributed by atoms with Crippen LogP contribution in [-0.4, -0.2) is 61.8 Å². The number of benzene rings is 1. The largest absolute Gasteiger partial charge is 0.497 e. The summed E-state index contributed by atoms with van der Waals surface area (Å²) in [6.07, 6.45) is 3.61. The Hall–Kier alpha value is -3.00. The maximum absolute atomic E-state index is 12.9. The summed E-state index contributed by atoms with van der Waals surface area (Å²) in [5.41, 5.74) is 1.14. The summed E-state index contributed by atoms with van der Waals surface area (Å²) >= 11 is 0. The number of nitrogens with zero attached hydrogens (tertiary/aromatic N) is 2. The lowest BCUT2D eigenvalue weighted by Gasteiger charge is -2.36. The van der Waals surface area contributed by atoms with Gasteiger partial charge in [-0.1, -0.05) is 0 Å². The Kier molecular flexibility index (Phi) is 6.99. The fourth-order valence-electron chi connectivity index (χ4n) is 3.86. The van der Waals surface area contributed by atoms with E-state index in [-0.39, 0.29) is 24.0 Å². The normalized spacial score (nSPS) is 16.0. The summed E-state index contributed by atoms with van der Waals surface area (Å²) in [7, 11) is 4.53. The number of methoxy groups -OCH3 is 3. The van der Waals surface area contributed by atoms with E-state index in [2.05, 4.69) is 10.2 Å². The number of ether oxygens (including phenoxy) is 3. The summed E-state index contributed by atoms with van der Waals surface area (Å²) in [5, 5.41) is 2.95. The van der Waals surface area contributed by atoms with Gasteiger partial charge >= 0.3 is 5.97 Å². The minimum absolute atomic E-state index is 0.101. The average molecular weight is 415 g/mol. The summed E-state index contributed by atoms with van der Waals surface area (Å²) in [6, 6.07) is 8.83. The quantitative estimate of drug-likeness (QED) is 0.700. The number of nitrogens with one attached hydrogen (secondary N) is 1. The molecule has 1 unspecified atom stereocenters. The molecule has 162 valence electrons. The van der Waals surface area contributed by atoms with Crippen LogP contribution in [-0.2, 0) is 9.53 Å². The average Bonchev–Trinajstić information content (AvgIpc) is 3.28. The molecule has 1 fully saturated rings. The van der Waals surface area contributed by atoms with Crippen molar-refractivity contribution in [1.82, 2.24) is 9.47 Å². The van der Waals surface area contributed by atoms with E-state index in [1.54, 1.807) is 38.5 Å². The van der Waals surface area contributed by atoms with Crippen LogP contribution in [0, 0.1) is 0 Å². The maximum atomic E-state index is 12.9. The summed E-state index contributed by atoms with van der Waals surface area (Å²) < 4.78 is 17.4. The predicted molar refractivity (Wildman–Crippen MR) is 113 cm³/mol. The van der Waals surface area contributed by atoms with Crippen molar-refractivity contribution in [2.45, 2.75) is 31.8 Å². The molecule has 1 aromatic carbocycles. The highest BCUT2D eigenvalue weighted by molar-refractivity contribution is 5.96. The van der Waals surface area contributed by atoms with Gasteiger partial charge in [-0.25, -0.2) is 4.79 Å². The number of likely N-dealkylation sites (tertiary alicyclic amines) is 1. The Morgan fingerprint density at radius 3 is 2.47 bits per heavy atom. The van der Waals surface area contributed by atoms with Crippen LogP contribution in [0.4, 0.5) is 5.69 Å². The zero-order valence-corrected chi connectivity index (χ0v) is 17.9. The topological polar surface area (TPSA) is 82.0 Å². The van der Waals surface area contributed by atoms with Crippen molar-refractivity contribution in [3.05, 3.63) is 42.2 Å². The van der Waals surface area contributed by atoms with Crippen LogP contribution in [0.2, 0.25) is 0 Å². The molecule has 1 aromatic heterocycles. The minimum Gasteiger partial charge on any atom is -0.497 e. The lowest BCUT2D eigenvalue weighted by atomic mass is 10.0. The van der Waals surface area contributed by atoms with Gasteiger partial charge in [0.25, 0.3) is 0 Å². The number of carbonyl (C=O) groups excluding carboxylic acids is 2. The van der Waals surface area contributed by atoms with Crippen LogP contribution < -0.4 is 14.8 Å². The maximum Gasteiger partial charge on any atom is 0.354 e. The molecule has 3 rings (SSSR count). The highest BCUT2D eigenvalue weighted by Crippen LogP contribution is 2.30. The molecule has 0 saturated carbocycles. The molecule has 8 nitrogen and oxygen atoms in total. The first-order valence-electron chi connectivity index (χ1n) is 10.0. The van der Waals surface area contributed by atoms with Gasteiger partial charge in [0.1, 0.15) is 17.2 Å². The number of aromatic nitrogens is 1. The molecule has 1 amide bonds. The molecular formula is C22H29N3O5. The number of hydrogen-bond acceptors (Lipinski definition) is 6. The van der Waals surface area contributed by atoms with Crippen LogP contribution in [0.1, 0.15) is 36.3 Å². The lowest BCUT2D eigenvalue weighted by molar-refractivity contribution is -0.121. The van der Waals surface area contributed by atoms with Crippen molar-refractivity contribution < 1.29 is 23.8 Å². The first-order valence-corrected chi connectivity index (χ1v) is 10.0. The molecule has 0 spiro atoms. The van der Waals surface area contributed by atoms with E-state index >= 15 is 0 Å². The number of hydrogen-bond donors (Lipinski definition) is 1. The molecule has 8 heteroatoms. The van der Waals surface area contributed by atoms with Gasteiger partial charge in [-0.2, -0.15) is 0 Å². The number of esters is 1. The van der Waals surface area contributed by atoms with E-state index in [0.717, 1.165) is 25.9 Å². The molecule has 30 heavy (non-hydrogen) atoms. The zero-order valence-electron chi connectivity index (χ0n) is 17.9. The van der Waals surface area contributed by atoms with E-state index < -0.39 is 0 Å². The molecule has 0 bridgehead atoms. The van der Waals surface area contributed by atoms with E-state index in [0.29, 0.717) is 22.9 Å². The van der Waals surface area contributed by atoms with Crippen molar-refractivity contribution in [2.24, 2.45) is 0 Å².